The van der Waals surface area contributed by atoms with E-state index in [1.807, 2.05) is 21.8 Å². The maximum absolute atomic E-state index is 12.3. The van der Waals surface area contributed by atoms with Gasteiger partial charge in [-0.2, -0.15) is 5.10 Å². The molecule has 1 aliphatic rings. The Balaban J connectivity index is 1.80. The van der Waals surface area contributed by atoms with Gasteiger partial charge in [0.25, 0.3) is 0 Å². The van der Waals surface area contributed by atoms with E-state index in [1.54, 1.807) is 6.20 Å². The zero-order chi connectivity index (χ0) is 13.5. The van der Waals surface area contributed by atoms with Gasteiger partial charge in [-0.1, -0.05) is 6.92 Å². The van der Waals surface area contributed by atoms with Crippen LogP contribution in [0.1, 0.15) is 32.6 Å². The van der Waals surface area contributed by atoms with Crippen molar-refractivity contribution < 1.29 is 4.79 Å². The van der Waals surface area contributed by atoms with Gasteiger partial charge in [0.05, 0.1) is 0 Å². The van der Waals surface area contributed by atoms with Crippen molar-refractivity contribution >= 4 is 5.91 Å². The molecule has 0 bridgehead atoms. The standard InChI is InChI=1S/C14H24N4O/c1-2-9-17(12-13-5-3-7-15-13)14(19)6-11-18-10-4-8-16-18/h4,8,10,13,15H,2-3,5-7,9,11-12H2,1H3. The molecule has 5 heteroatoms. The average molecular weight is 264 g/mol. The van der Waals surface area contributed by atoms with Crippen LogP contribution in [-0.2, 0) is 11.3 Å². The van der Waals surface area contributed by atoms with Crippen molar-refractivity contribution in [3.63, 3.8) is 0 Å². The first kappa shape index (κ1) is 14.1. The van der Waals surface area contributed by atoms with Crippen molar-refractivity contribution in [3.05, 3.63) is 18.5 Å². The molecule has 1 aromatic rings. The van der Waals surface area contributed by atoms with Gasteiger partial charge in [-0.3, -0.25) is 9.48 Å². The molecule has 19 heavy (non-hydrogen) atoms. The Kier molecular flexibility index (Phi) is 5.39. The maximum atomic E-state index is 12.3. The van der Waals surface area contributed by atoms with Gasteiger partial charge in [0.2, 0.25) is 5.91 Å². The molecule has 1 atom stereocenters. The fourth-order valence-electron chi connectivity index (χ4n) is 2.57. The summed E-state index contributed by atoms with van der Waals surface area (Å²) < 4.78 is 1.82. The van der Waals surface area contributed by atoms with E-state index in [9.17, 15) is 4.79 Å². The SMILES string of the molecule is CCCN(CC1CCCN1)C(=O)CCn1cccn1. The Morgan fingerprint density at radius 1 is 1.58 bits per heavy atom. The van der Waals surface area contributed by atoms with Crippen LogP contribution in [0, 0.1) is 0 Å². The highest BCUT2D eigenvalue weighted by molar-refractivity contribution is 5.76. The third kappa shape index (κ3) is 4.35. The van der Waals surface area contributed by atoms with Crippen LogP contribution in [0.3, 0.4) is 0 Å². The van der Waals surface area contributed by atoms with Crippen LogP contribution >= 0.6 is 0 Å². The first-order valence-electron chi connectivity index (χ1n) is 7.28. The first-order valence-corrected chi connectivity index (χ1v) is 7.28. The lowest BCUT2D eigenvalue weighted by atomic mass is 10.2. The molecule has 1 aromatic heterocycles. The highest BCUT2D eigenvalue weighted by Gasteiger charge is 2.20. The molecule has 1 unspecified atom stereocenters. The second-order valence-corrected chi connectivity index (χ2v) is 5.15. The van der Waals surface area contributed by atoms with Crippen molar-refractivity contribution in [1.82, 2.24) is 20.0 Å². The summed E-state index contributed by atoms with van der Waals surface area (Å²) in [6.07, 6.45) is 7.61. The number of hydrogen-bond acceptors (Lipinski definition) is 3. The molecule has 0 saturated carbocycles. The van der Waals surface area contributed by atoms with Gasteiger partial charge in [-0.25, -0.2) is 0 Å². The van der Waals surface area contributed by atoms with E-state index in [-0.39, 0.29) is 5.91 Å². The highest BCUT2D eigenvalue weighted by atomic mass is 16.2. The summed E-state index contributed by atoms with van der Waals surface area (Å²) in [5, 5.41) is 7.59. The number of nitrogens with zero attached hydrogens (tertiary/aromatic N) is 3. The van der Waals surface area contributed by atoms with Crippen LogP contribution in [0.25, 0.3) is 0 Å². The molecule has 0 aliphatic carbocycles. The molecule has 2 heterocycles. The molecule has 1 saturated heterocycles. The lowest BCUT2D eigenvalue weighted by molar-refractivity contribution is -0.131. The van der Waals surface area contributed by atoms with Gasteiger partial charge in [-0.05, 0) is 31.9 Å². The molecular formula is C14H24N4O. The van der Waals surface area contributed by atoms with Crippen LogP contribution in [0.15, 0.2) is 18.5 Å². The smallest absolute Gasteiger partial charge is 0.224 e. The molecule has 1 N–H and O–H groups in total. The van der Waals surface area contributed by atoms with Gasteiger partial charge >= 0.3 is 0 Å². The van der Waals surface area contributed by atoms with E-state index >= 15 is 0 Å². The predicted octanol–water partition coefficient (Wildman–Crippen LogP) is 1.26. The average Bonchev–Trinajstić information content (AvgIpc) is 3.08. The molecule has 106 valence electrons. The zero-order valence-corrected chi connectivity index (χ0v) is 11.7. The minimum absolute atomic E-state index is 0.242. The molecule has 0 spiro atoms. The van der Waals surface area contributed by atoms with Gasteiger partial charge in [0.15, 0.2) is 0 Å². The van der Waals surface area contributed by atoms with Crippen molar-refractivity contribution in [1.29, 1.82) is 0 Å². The third-order valence-corrected chi connectivity index (χ3v) is 3.56. The maximum Gasteiger partial charge on any atom is 0.224 e. The van der Waals surface area contributed by atoms with Crippen molar-refractivity contribution in [2.45, 2.75) is 45.2 Å². The first-order chi connectivity index (χ1) is 9.29. The monoisotopic (exact) mass is 264 g/mol. The quantitative estimate of drug-likeness (QED) is 0.806. The van der Waals surface area contributed by atoms with Crippen LogP contribution in [0.2, 0.25) is 0 Å². The molecule has 0 aromatic carbocycles. The molecule has 5 nitrogen and oxygen atoms in total. The van der Waals surface area contributed by atoms with E-state index in [4.69, 9.17) is 0 Å². The van der Waals surface area contributed by atoms with Crippen LogP contribution in [-0.4, -0.2) is 46.3 Å². The number of rotatable bonds is 7. The van der Waals surface area contributed by atoms with Crippen LogP contribution in [0.4, 0.5) is 0 Å². The van der Waals surface area contributed by atoms with E-state index in [2.05, 4.69) is 17.3 Å². The number of aromatic nitrogens is 2. The van der Waals surface area contributed by atoms with Gasteiger partial charge in [-0.15, -0.1) is 0 Å². The van der Waals surface area contributed by atoms with E-state index < -0.39 is 0 Å². The second kappa shape index (κ2) is 7.28. The Labute approximate surface area is 115 Å². The van der Waals surface area contributed by atoms with Gasteiger partial charge in [0, 0.05) is 44.5 Å². The molecule has 1 aliphatic heterocycles. The summed E-state index contributed by atoms with van der Waals surface area (Å²) in [6.45, 7) is 5.59. The Bertz CT molecular complexity index is 371. The number of hydrogen-bond donors (Lipinski definition) is 1. The Hall–Kier alpha value is -1.36. The summed E-state index contributed by atoms with van der Waals surface area (Å²) in [5.41, 5.74) is 0. The Morgan fingerprint density at radius 2 is 2.47 bits per heavy atom. The number of nitrogens with one attached hydrogen (secondary N) is 1. The summed E-state index contributed by atoms with van der Waals surface area (Å²) in [7, 11) is 0. The van der Waals surface area contributed by atoms with Crippen molar-refractivity contribution in [2.75, 3.05) is 19.6 Å². The minimum atomic E-state index is 0.242. The normalized spacial score (nSPS) is 18.7. The summed E-state index contributed by atoms with van der Waals surface area (Å²) in [5.74, 6) is 0.242. The topological polar surface area (TPSA) is 50.2 Å². The summed E-state index contributed by atoms with van der Waals surface area (Å²) >= 11 is 0. The van der Waals surface area contributed by atoms with Crippen LogP contribution < -0.4 is 5.32 Å². The molecule has 2 rings (SSSR count). The largest absolute Gasteiger partial charge is 0.341 e. The number of amides is 1. The highest BCUT2D eigenvalue weighted by Crippen LogP contribution is 2.09. The Morgan fingerprint density at radius 3 is 3.11 bits per heavy atom. The minimum Gasteiger partial charge on any atom is -0.341 e. The number of carbonyl (C=O) groups is 1. The number of carbonyl (C=O) groups excluding carboxylic acids is 1. The van der Waals surface area contributed by atoms with E-state index in [1.165, 1.54) is 12.8 Å². The van der Waals surface area contributed by atoms with E-state index in [0.29, 0.717) is 19.0 Å². The zero-order valence-electron chi connectivity index (χ0n) is 11.7. The number of aryl methyl sites for hydroxylation is 1. The lowest BCUT2D eigenvalue weighted by Gasteiger charge is -2.25. The lowest BCUT2D eigenvalue weighted by Crippen LogP contribution is -2.41. The predicted molar refractivity (Wildman–Crippen MR) is 74.7 cm³/mol. The molecule has 0 radical (unpaired) electrons. The molecular weight excluding hydrogens is 240 g/mol. The van der Waals surface area contributed by atoms with Crippen molar-refractivity contribution in [2.24, 2.45) is 0 Å². The summed E-state index contributed by atoms with van der Waals surface area (Å²) in [6, 6.07) is 2.37. The van der Waals surface area contributed by atoms with Crippen molar-refractivity contribution in [3.8, 4) is 0 Å². The summed E-state index contributed by atoms with van der Waals surface area (Å²) in [4.78, 5) is 14.3. The molecule has 1 fully saturated rings. The van der Waals surface area contributed by atoms with Gasteiger partial charge < -0.3 is 10.2 Å². The fourth-order valence-corrected chi connectivity index (χ4v) is 2.57. The third-order valence-electron chi connectivity index (χ3n) is 3.56. The molecule has 1 amide bonds. The van der Waals surface area contributed by atoms with Gasteiger partial charge in [0.1, 0.15) is 0 Å². The van der Waals surface area contributed by atoms with E-state index in [0.717, 1.165) is 26.1 Å². The van der Waals surface area contributed by atoms with Crippen LogP contribution in [0.5, 0.6) is 0 Å². The fraction of sp³-hybridized carbons (Fsp3) is 0.714. The second-order valence-electron chi connectivity index (χ2n) is 5.15.